The summed E-state index contributed by atoms with van der Waals surface area (Å²) in [4.78, 5) is 28.7. The molecule has 0 radical (unpaired) electrons. The van der Waals surface area contributed by atoms with Gasteiger partial charge in [-0.1, -0.05) is 25.0 Å². The van der Waals surface area contributed by atoms with Crippen molar-refractivity contribution in [3.8, 4) is 0 Å². The van der Waals surface area contributed by atoms with Gasteiger partial charge >= 0.3 is 0 Å². The zero-order valence-electron chi connectivity index (χ0n) is 15.7. The van der Waals surface area contributed by atoms with Crippen LogP contribution in [0.25, 0.3) is 0 Å². The lowest BCUT2D eigenvalue weighted by atomic mass is 10.2. The first-order valence-electron chi connectivity index (χ1n) is 9.78. The fraction of sp³-hybridized carbons (Fsp3) is 0.364. The Morgan fingerprint density at radius 1 is 1.11 bits per heavy atom. The Morgan fingerprint density at radius 3 is 2.64 bits per heavy atom. The third-order valence-corrected chi connectivity index (χ3v) is 7.51. The van der Waals surface area contributed by atoms with Gasteiger partial charge in [0.2, 0.25) is 11.8 Å². The van der Waals surface area contributed by atoms with E-state index in [9.17, 15) is 9.59 Å². The summed E-state index contributed by atoms with van der Waals surface area (Å²) in [6, 6.07) is 16.0. The van der Waals surface area contributed by atoms with Crippen molar-refractivity contribution in [3.63, 3.8) is 0 Å². The van der Waals surface area contributed by atoms with Crippen LogP contribution in [-0.4, -0.2) is 29.4 Å². The van der Waals surface area contributed by atoms with Gasteiger partial charge in [0.1, 0.15) is 0 Å². The van der Waals surface area contributed by atoms with Crippen LogP contribution < -0.4 is 10.2 Å². The fourth-order valence-corrected chi connectivity index (χ4v) is 5.83. The lowest BCUT2D eigenvalue weighted by molar-refractivity contribution is -0.117. The SMILES string of the molecule is O=C(CCN1C(=O)CSc2ccccc21)Nc1ccc(SC2CCCC2)cc1. The number of carbonyl (C=O) groups is 2. The maximum absolute atomic E-state index is 12.4. The molecule has 6 heteroatoms. The van der Waals surface area contributed by atoms with Crippen LogP contribution in [0.5, 0.6) is 0 Å². The molecule has 0 saturated heterocycles. The molecule has 0 aromatic heterocycles. The number of hydrogen-bond donors (Lipinski definition) is 1. The topological polar surface area (TPSA) is 49.4 Å². The van der Waals surface area contributed by atoms with Crippen LogP contribution >= 0.6 is 23.5 Å². The first-order valence-corrected chi connectivity index (χ1v) is 11.6. The van der Waals surface area contributed by atoms with Gasteiger partial charge < -0.3 is 10.2 Å². The predicted molar refractivity (Wildman–Crippen MR) is 117 cm³/mol. The summed E-state index contributed by atoms with van der Waals surface area (Å²) in [7, 11) is 0. The molecular weight excluding hydrogens is 388 g/mol. The van der Waals surface area contributed by atoms with Crippen LogP contribution in [0, 0.1) is 0 Å². The maximum Gasteiger partial charge on any atom is 0.237 e. The molecule has 4 nitrogen and oxygen atoms in total. The highest BCUT2D eigenvalue weighted by atomic mass is 32.2. The van der Waals surface area contributed by atoms with Crippen LogP contribution in [0.4, 0.5) is 11.4 Å². The van der Waals surface area contributed by atoms with E-state index < -0.39 is 0 Å². The van der Waals surface area contributed by atoms with Crippen molar-refractivity contribution in [1.29, 1.82) is 0 Å². The Bertz CT molecular complexity index is 848. The number of hydrogen-bond acceptors (Lipinski definition) is 4. The van der Waals surface area contributed by atoms with Crippen molar-refractivity contribution in [2.24, 2.45) is 0 Å². The molecule has 2 aromatic carbocycles. The highest BCUT2D eigenvalue weighted by molar-refractivity contribution is 8.00. The van der Waals surface area contributed by atoms with E-state index in [-0.39, 0.29) is 18.2 Å². The molecule has 1 heterocycles. The number of amides is 2. The van der Waals surface area contributed by atoms with Gasteiger partial charge in [-0.3, -0.25) is 9.59 Å². The molecule has 0 unspecified atom stereocenters. The number of rotatable bonds is 6. The molecule has 2 aliphatic rings. The van der Waals surface area contributed by atoms with Crippen LogP contribution in [0.15, 0.2) is 58.3 Å². The van der Waals surface area contributed by atoms with Gasteiger partial charge in [0.25, 0.3) is 0 Å². The van der Waals surface area contributed by atoms with Crippen LogP contribution in [0.3, 0.4) is 0 Å². The summed E-state index contributed by atoms with van der Waals surface area (Å²) in [6.07, 6.45) is 5.58. The number of fused-ring (bicyclic) bond motifs is 1. The Hall–Kier alpha value is -1.92. The summed E-state index contributed by atoms with van der Waals surface area (Å²) >= 11 is 3.50. The van der Waals surface area contributed by atoms with Crippen LogP contribution in [-0.2, 0) is 9.59 Å². The highest BCUT2D eigenvalue weighted by Crippen LogP contribution is 2.36. The summed E-state index contributed by atoms with van der Waals surface area (Å²) < 4.78 is 0. The minimum absolute atomic E-state index is 0.0600. The molecule has 1 aliphatic carbocycles. The first-order chi connectivity index (χ1) is 13.7. The zero-order chi connectivity index (χ0) is 19.3. The van der Waals surface area contributed by atoms with Crippen LogP contribution in [0.1, 0.15) is 32.1 Å². The minimum Gasteiger partial charge on any atom is -0.326 e. The molecular formula is C22H24N2O2S2. The number of anilines is 2. The molecule has 1 fully saturated rings. The summed E-state index contributed by atoms with van der Waals surface area (Å²) in [5.41, 5.74) is 1.71. The first kappa shape index (κ1) is 19.4. The Morgan fingerprint density at radius 2 is 1.86 bits per heavy atom. The number of thioether (sulfide) groups is 2. The second-order valence-corrected chi connectivity index (χ2v) is 9.54. The second-order valence-electron chi connectivity index (χ2n) is 7.15. The number of nitrogens with one attached hydrogen (secondary N) is 1. The van der Waals surface area contributed by atoms with Gasteiger partial charge in [-0.05, 0) is 49.2 Å². The van der Waals surface area contributed by atoms with Crippen molar-refractivity contribution in [3.05, 3.63) is 48.5 Å². The Kier molecular flexibility index (Phi) is 6.27. The molecule has 1 N–H and O–H groups in total. The molecule has 1 aliphatic heterocycles. The molecule has 2 aromatic rings. The largest absolute Gasteiger partial charge is 0.326 e. The minimum atomic E-state index is -0.0697. The highest BCUT2D eigenvalue weighted by Gasteiger charge is 2.24. The fourth-order valence-electron chi connectivity index (χ4n) is 3.65. The monoisotopic (exact) mass is 412 g/mol. The number of carbonyl (C=O) groups excluding carboxylic acids is 2. The van der Waals surface area contributed by atoms with E-state index in [4.69, 9.17) is 0 Å². The summed E-state index contributed by atoms with van der Waals surface area (Å²) in [6.45, 7) is 0.401. The smallest absolute Gasteiger partial charge is 0.237 e. The van der Waals surface area contributed by atoms with Crippen molar-refractivity contribution >= 4 is 46.7 Å². The van der Waals surface area contributed by atoms with Crippen molar-refractivity contribution < 1.29 is 9.59 Å². The summed E-state index contributed by atoms with van der Waals surface area (Å²) in [5.74, 6) is 0.420. The molecule has 0 bridgehead atoms. The van der Waals surface area contributed by atoms with Gasteiger partial charge in [-0.15, -0.1) is 23.5 Å². The zero-order valence-corrected chi connectivity index (χ0v) is 17.4. The Balaban J connectivity index is 1.30. The van der Waals surface area contributed by atoms with Gasteiger partial charge in [0.05, 0.1) is 11.4 Å². The van der Waals surface area contributed by atoms with E-state index in [1.807, 2.05) is 48.2 Å². The van der Waals surface area contributed by atoms with Gasteiger partial charge in [0.15, 0.2) is 0 Å². The van der Waals surface area contributed by atoms with Gasteiger partial charge in [0, 0.05) is 33.7 Å². The van der Waals surface area contributed by atoms with E-state index in [1.165, 1.54) is 30.6 Å². The molecule has 28 heavy (non-hydrogen) atoms. The molecule has 0 atom stereocenters. The van der Waals surface area contributed by atoms with Crippen LogP contribution in [0.2, 0.25) is 0 Å². The molecule has 1 saturated carbocycles. The van der Waals surface area contributed by atoms with Crippen molar-refractivity contribution in [2.45, 2.75) is 47.1 Å². The van der Waals surface area contributed by atoms with E-state index in [2.05, 4.69) is 17.4 Å². The summed E-state index contributed by atoms with van der Waals surface area (Å²) in [5, 5.41) is 3.69. The average Bonchev–Trinajstić information content (AvgIpc) is 3.22. The quantitative estimate of drug-likeness (QED) is 0.709. The standard InChI is InChI=1S/C22H24N2O2S2/c25-21(13-14-24-19-7-3-4-8-20(19)27-15-22(24)26)23-16-9-11-18(12-10-16)28-17-5-1-2-6-17/h3-4,7-12,17H,1-2,5-6,13-15H2,(H,23,25). The van der Waals surface area contributed by atoms with Crippen molar-refractivity contribution in [2.75, 3.05) is 22.5 Å². The van der Waals surface area contributed by atoms with Gasteiger partial charge in [-0.25, -0.2) is 0 Å². The average molecular weight is 413 g/mol. The lowest BCUT2D eigenvalue weighted by Crippen LogP contribution is -2.37. The molecule has 0 spiro atoms. The second kappa shape index (κ2) is 9.05. The predicted octanol–water partition coefficient (Wildman–Crippen LogP) is 5.19. The number of benzene rings is 2. The Labute approximate surface area is 174 Å². The third-order valence-electron chi connectivity index (χ3n) is 5.11. The van der Waals surface area contributed by atoms with E-state index in [0.29, 0.717) is 12.3 Å². The number of para-hydroxylation sites is 1. The third kappa shape index (κ3) is 4.73. The van der Waals surface area contributed by atoms with Crippen molar-refractivity contribution in [1.82, 2.24) is 0 Å². The van der Waals surface area contributed by atoms with E-state index in [0.717, 1.165) is 21.5 Å². The lowest BCUT2D eigenvalue weighted by Gasteiger charge is -2.28. The molecule has 146 valence electrons. The van der Waals surface area contributed by atoms with E-state index in [1.54, 1.807) is 16.7 Å². The normalized spacial score (nSPS) is 16.9. The molecule has 2 amide bonds. The van der Waals surface area contributed by atoms with E-state index >= 15 is 0 Å². The van der Waals surface area contributed by atoms with Gasteiger partial charge in [-0.2, -0.15) is 0 Å². The maximum atomic E-state index is 12.4. The molecule has 4 rings (SSSR count). The number of nitrogens with zero attached hydrogens (tertiary/aromatic N) is 1.